The lowest BCUT2D eigenvalue weighted by atomic mass is 9.94. The minimum Gasteiger partial charge on any atom is -0.457 e. The Morgan fingerprint density at radius 3 is 2.51 bits per heavy atom. The molecule has 2 amide bonds. The smallest absolute Gasteiger partial charge is 0.409 e. The topological polar surface area (TPSA) is 142 Å². The molecule has 2 N–H and O–H groups in total. The number of amides is 2. The van der Waals surface area contributed by atoms with Crippen LogP contribution in [0.2, 0.25) is 0 Å². The highest BCUT2D eigenvalue weighted by Crippen LogP contribution is 2.36. The zero-order valence-electron chi connectivity index (χ0n) is 27.8. The van der Waals surface area contributed by atoms with Gasteiger partial charge in [0, 0.05) is 74.7 Å². The van der Waals surface area contributed by atoms with E-state index >= 15 is 4.39 Å². The highest BCUT2D eigenvalue weighted by molar-refractivity contribution is 5.97. The van der Waals surface area contributed by atoms with E-state index in [2.05, 4.69) is 16.0 Å². The van der Waals surface area contributed by atoms with Crippen molar-refractivity contribution in [3.8, 4) is 28.8 Å². The minimum atomic E-state index is -0.609. The fraction of sp³-hybridized carbons (Fsp3) is 0.361. The molecular weight excluding hydrogens is 627 g/mol. The Labute approximate surface area is 284 Å². The zero-order valence-corrected chi connectivity index (χ0v) is 27.8. The van der Waals surface area contributed by atoms with E-state index in [1.807, 2.05) is 36.4 Å². The molecule has 13 heteroatoms. The molecule has 1 unspecified atom stereocenters. The number of hydrogen-bond donors (Lipinski definition) is 1. The summed E-state index contributed by atoms with van der Waals surface area (Å²) in [6.45, 7) is 6.86. The van der Waals surface area contributed by atoms with E-state index in [4.69, 9.17) is 20.2 Å². The molecule has 6 rings (SSSR count). The lowest BCUT2D eigenvalue weighted by Gasteiger charge is -2.42. The molecule has 12 nitrogen and oxygen atoms in total. The van der Waals surface area contributed by atoms with E-state index in [0.29, 0.717) is 74.2 Å². The maximum atomic E-state index is 15.7. The summed E-state index contributed by atoms with van der Waals surface area (Å²) in [5.41, 5.74) is 6.86. The molecule has 49 heavy (non-hydrogen) atoms. The van der Waals surface area contributed by atoms with Crippen molar-refractivity contribution in [2.45, 2.75) is 38.1 Å². The van der Waals surface area contributed by atoms with Crippen LogP contribution in [-0.4, -0.2) is 93.0 Å². The number of likely N-dealkylation sites (tertiary alicyclic amines) is 1. The standard InChI is InChI=1S/C36H39FN8O4/c1-36(2,44-18-16-42(17-19-44)35(47)48-3)21-25(22-38)34(46)43-14-7-8-24(23-43)33-41-30(31-32(39)40-13-15-45(31)33)28-12-11-27(20-29(28)37)49-26-9-5-4-6-10-26/h4-6,9-13,15,20-21,24H,7-8,14,16-19,23H2,1-3H3,(H2,39,40)/b25-21+. The number of piperidine rings is 1. The number of ether oxygens (including phenoxy) is 2. The van der Waals surface area contributed by atoms with Crippen LogP contribution < -0.4 is 10.5 Å². The van der Waals surface area contributed by atoms with Gasteiger partial charge in [-0.2, -0.15) is 5.26 Å². The van der Waals surface area contributed by atoms with Gasteiger partial charge in [-0.3, -0.25) is 14.1 Å². The first kappa shape index (κ1) is 33.4. The van der Waals surface area contributed by atoms with Crippen LogP contribution in [0.25, 0.3) is 16.8 Å². The Morgan fingerprint density at radius 2 is 1.82 bits per heavy atom. The zero-order chi connectivity index (χ0) is 34.7. The molecule has 4 heterocycles. The Bertz CT molecular complexity index is 1930. The molecule has 0 bridgehead atoms. The first-order valence-electron chi connectivity index (χ1n) is 16.2. The number of halogens is 1. The van der Waals surface area contributed by atoms with E-state index in [1.165, 1.54) is 13.2 Å². The predicted molar refractivity (Wildman–Crippen MR) is 181 cm³/mol. The van der Waals surface area contributed by atoms with E-state index < -0.39 is 11.4 Å². The van der Waals surface area contributed by atoms with Crippen molar-refractivity contribution in [1.82, 2.24) is 29.1 Å². The largest absolute Gasteiger partial charge is 0.457 e. The molecule has 0 radical (unpaired) electrons. The summed E-state index contributed by atoms with van der Waals surface area (Å²) < 4.78 is 28.2. The highest BCUT2D eigenvalue weighted by atomic mass is 19.1. The molecule has 0 saturated carbocycles. The summed E-state index contributed by atoms with van der Waals surface area (Å²) in [7, 11) is 1.36. The number of nitriles is 1. The van der Waals surface area contributed by atoms with E-state index in [1.54, 1.807) is 52.5 Å². The fourth-order valence-corrected chi connectivity index (χ4v) is 6.66. The number of benzene rings is 2. The van der Waals surface area contributed by atoms with Crippen LogP contribution in [-0.2, 0) is 9.53 Å². The Morgan fingerprint density at radius 1 is 1.06 bits per heavy atom. The van der Waals surface area contributed by atoms with Gasteiger partial charge in [0.05, 0.1) is 7.11 Å². The Balaban J connectivity index is 1.23. The SMILES string of the molecule is COC(=O)N1CCN(C(C)(C)/C=C(\C#N)C(=O)N2CCCC(c3nc(-c4ccc(Oc5ccccc5)cc4F)c4c(N)nccn34)C2)CC1. The molecular formula is C36H39FN8O4. The molecule has 1 atom stereocenters. The highest BCUT2D eigenvalue weighted by Gasteiger charge is 2.34. The van der Waals surface area contributed by atoms with Crippen molar-refractivity contribution in [2.24, 2.45) is 0 Å². The number of aromatic nitrogens is 3. The Hall–Kier alpha value is -5.48. The van der Waals surface area contributed by atoms with Crippen LogP contribution in [0.15, 0.2) is 72.6 Å². The van der Waals surface area contributed by atoms with Gasteiger partial charge in [-0.25, -0.2) is 19.2 Å². The summed E-state index contributed by atoms with van der Waals surface area (Å²) in [4.78, 5) is 40.4. The number of methoxy groups -OCH3 is 1. The lowest BCUT2D eigenvalue weighted by molar-refractivity contribution is -0.128. The van der Waals surface area contributed by atoms with Crippen molar-refractivity contribution in [2.75, 3.05) is 52.1 Å². The van der Waals surface area contributed by atoms with E-state index in [0.717, 1.165) is 6.42 Å². The number of imidazole rings is 1. The first-order valence-corrected chi connectivity index (χ1v) is 16.2. The number of rotatable bonds is 7. The summed E-state index contributed by atoms with van der Waals surface area (Å²) in [6, 6.07) is 15.9. The molecule has 0 aliphatic carbocycles. The van der Waals surface area contributed by atoms with Crippen LogP contribution in [0.1, 0.15) is 38.4 Å². The number of carbonyl (C=O) groups excluding carboxylic acids is 2. The molecule has 2 aromatic heterocycles. The number of nitrogens with zero attached hydrogens (tertiary/aromatic N) is 7. The van der Waals surface area contributed by atoms with Gasteiger partial charge < -0.3 is 25.0 Å². The molecule has 254 valence electrons. The molecule has 2 aromatic carbocycles. The maximum absolute atomic E-state index is 15.7. The van der Waals surface area contributed by atoms with Crippen molar-refractivity contribution >= 4 is 23.3 Å². The predicted octanol–water partition coefficient (Wildman–Crippen LogP) is 5.23. The fourth-order valence-electron chi connectivity index (χ4n) is 6.66. The number of nitrogen functional groups attached to an aromatic ring is 1. The summed E-state index contributed by atoms with van der Waals surface area (Å²) in [5.74, 6) is 0.684. The van der Waals surface area contributed by atoms with Crippen LogP contribution in [0, 0.1) is 17.1 Å². The molecule has 2 aliphatic heterocycles. The van der Waals surface area contributed by atoms with Crippen LogP contribution >= 0.6 is 0 Å². The van der Waals surface area contributed by atoms with Gasteiger partial charge in [0.1, 0.15) is 51.8 Å². The van der Waals surface area contributed by atoms with Gasteiger partial charge in [0.15, 0.2) is 0 Å². The van der Waals surface area contributed by atoms with Crippen molar-refractivity contribution < 1.29 is 23.5 Å². The minimum absolute atomic E-state index is 0.0584. The average Bonchev–Trinajstić information content (AvgIpc) is 3.51. The summed E-state index contributed by atoms with van der Waals surface area (Å²) in [6.07, 6.45) is 6.09. The van der Waals surface area contributed by atoms with Gasteiger partial charge in [0.25, 0.3) is 5.91 Å². The van der Waals surface area contributed by atoms with Crippen molar-refractivity contribution in [3.05, 3.63) is 84.2 Å². The maximum Gasteiger partial charge on any atom is 0.409 e. The lowest BCUT2D eigenvalue weighted by Crippen LogP contribution is -2.55. The normalized spacial score (nSPS) is 17.5. The summed E-state index contributed by atoms with van der Waals surface area (Å²) >= 11 is 0. The Kier molecular flexibility index (Phi) is 9.51. The first-order chi connectivity index (χ1) is 23.6. The average molecular weight is 667 g/mol. The van der Waals surface area contributed by atoms with Gasteiger partial charge in [-0.05, 0) is 57.0 Å². The van der Waals surface area contributed by atoms with E-state index in [-0.39, 0.29) is 34.9 Å². The van der Waals surface area contributed by atoms with Crippen LogP contribution in [0.3, 0.4) is 0 Å². The number of piperazine rings is 1. The number of nitrogens with two attached hydrogens (primary N) is 1. The summed E-state index contributed by atoms with van der Waals surface area (Å²) in [5, 5.41) is 10.1. The molecule has 2 fully saturated rings. The van der Waals surface area contributed by atoms with Gasteiger partial charge in [-0.15, -0.1) is 0 Å². The molecule has 2 aliphatic rings. The second kappa shape index (κ2) is 13.9. The number of hydrogen-bond acceptors (Lipinski definition) is 9. The van der Waals surface area contributed by atoms with Crippen molar-refractivity contribution in [1.29, 1.82) is 5.26 Å². The quantitative estimate of drug-likeness (QED) is 0.207. The van der Waals surface area contributed by atoms with Crippen LogP contribution in [0.5, 0.6) is 11.5 Å². The molecule has 2 saturated heterocycles. The number of fused-ring (bicyclic) bond motifs is 1. The third-order valence-corrected chi connectivity index (χ3v) is 9.23. The molecule has 0 spiro atoms. The van der Waals surface area contributed by atoms with Gasteiger partial charge in [0.2, 0.25) is 0 Å². The van der Waals surface area contributed by atoms with Gasteiger partial charge >= 0.3 is 6.09 Å². The number of para-hydroxylation sites is 1. The number of carbonyl (C=O) groups is 2. The third-order valence-electron chi connectivity index (χ3n) is 9.23. The monoisotopic (exact) mass is 666 g/mol. The van der Waals surface area contributed by atoms with Crippen LogP contribution in [0.4, 0.5) is 15.0 Å². The van der Waals surface area contributed by atoms with Gasteiger partial charge in [-0.1, -0.05) is 18.2 Å². The number of anilines is 1. The second-order valence-corrected chi connectivity index (χ2v) is 12.8. The third kappa shape index (κ3) is 6.91. The molecule has 4 aromatic rings. The second-order valence-electron chi connectivity index (χ2n) is 12.8. The van der Waals surface area contributed by atoms with Crippen molar-refractivity contribution in [3.63, 3.8) is 0 Å². The van der Waals surface area contributed by atoms with E-state index in [9.17, 15) is 14.9 Å².